The van der Waals surface area contributed by atoms with Crippen LogP contribution >= 0.6 is 0 Å². The van der Waals surface area contributed by atoms with Crippen molar-refractivity contribution in [1.82, 2.24) is 0 Å². The largest absolute Gasteiger partial charge is 0.392 e. The summed E-state index contributed by atoms with van der Waals surface area (Å²) in [5.41, 5.74) is 4.15. The average molecular weight is 304 g/mol. The number of aliphatic hydroxyl groups is 2. The molecule has 2 saturated carbocycles. The first-order chi connectivity index (χ1) is 10.2. The molecule has 2 heteroatoms. The molecule has 0 aromatic carbocycles. The molecule has 22 heavy (non-hydrogen) atoms. The van der Waals surface area contributed by atoms with Gasteiger partial charge in [0.05, 0.1) is 12.2 Å². The van der Waals surface area contributed by atoms with Crippen LogP contribution in [-0.4, -0.2) is 22.4 Å². The highest BCUT2D eigenvalue weighted by molar-refractivity contribution is 5.29. The van der Waals surface area contributed by atoms with Gasteiger partial charge < -0.3 is 10.2 Å². The van der Waals surface area contributed by atoms with Gasteiger partial charge in [0.25, 0.3) is 0 Å². The van der Waals surface area contributed by atoms with Crippen molar-refractivity contribution < 1.29 is 10.2 Å². The van der Waals surface area contributed by atoms with Crippen LogP contribution in [0.4, 0.5) is 0 Å². The van der Waals surface area contributed by atoms with E-state index < -0.39 is 6.10 Å². The van der Waals surface area contributed by atoms with Gasteiger partial charge in [-0.1, -0.05) is 38.5 Å². The molecule has 3 rings (SSSR count). The van der Waals surface area contributed by atoms with Crippen molar-refractivity contribution in [3.8, 4) is 0 Å². The lowest BCUT2D eigenvalue weighted by Crippen LogP contribution is -2.52. The molecule has 0 aromatic rings. The zero-order valence-corrected chi connectivity index (χ0v) is 14.7. The molecule has 3 aliphatic rings. The van der Waals surface area contributed by atoms with E-state index in [1.165, 1.54) is 0 Å². The second kappa shape index (κ2) is 5.21. The van der Waals surface area contributed by atoms with Crippen LogP contribution in [0, 0.1) is 22.7 Å². The summed E-state index contributed by atoms with van der Waals surface area (Å²) in [5.74, 6) is 0.318. The van der Waals surface area contributed by atoms with E-state index in [4.69, 9.17) is 0 Å². The molecule has 0 unspecified atom stereocenters. The summed E-state index contributed by atoms with van der Waals surface area (Å²) in [5, 5.41) is 21.6. The van der Waals surface area contributed by atoms with E-state index in [2.05, 4.69) is 34.3 Å². The molecular formula is C20H32O2. The zero-order valence-electron chi connectivity index (χ0n) is 14.7. The van der Waals surface area contributed by atoms with Gasteiger partial charge >= 0.3 is 0 Å². The Labute approximate surface area is 135 Å². The standard InChI is InChI=1S/C20H32O2/c1-12-6-7-15-18(22)17-13(2)16(21)9-11-20(17,5)10-8-14(12)19(15,3)4/h15-18,21-22H,2,6-11H2,1,3-5H3/t15-,16-,17-,18+,20+/m0/s1. The fourth-order valence-corrected chi connectivity index (χ4v) is 5.81. The maximum absolute atomic E-state index is 11.3. The quantitative estimate of drug-likeness (QED) is 0.658. The molecule has 2 nitrogen and oxygen atoms in total. The topological polar surface area (TPSA) is 40.5 Å². The minimum absolute atomic E-state index is 0.0421. The van der Waals surface area contributed by atoms with Crippen LogP contribution in [0.5, 0.6) is 0 Å². The highest BCUT2D eigenvalue weighted by Gasteiger charge is 2.53. The summed E-state index contributed by atoms with van der Waals surface area (Å²) in [6.07, 6.45) is 5.38. The Morgan fingerprint density at radius 1 is 1.05 bits per heavy atom. The van der Waals surface area contributed by atoms with Gasteiger partial charge in [0, 0.05) is 5.92 Å². The van der Waals surface area contributed by atoms with Gasteiger partial charge in [-0.25, -0.2) is 0 Å². The minimum Gasteiger partial charge on any atom is -0.392 e. The maximum Gasteiger partial charge on any atom is 0.0751 e. The zero-order chi connectivity index (χ0) is 16.3. The first kappa shape index (κ1) is 16.3. The van der Waals surface area contributed by atoms with Gasteiger partial charge in [0.1, 0.15) is 0 Å². The fourth-order valence-electron chi connectivity index (χ4n) is 5.81. The SMILES string of the molecule is C=C1[C@@H](O)CC[C@@]2(C)CCC3=C(C)CC[C@@H]([C@@H](O)[C@H]12)C3(C)C. The Bertz CT molecular complexity index is 516. The maximum atomic E-state index is 11.3. The molecule has 0 amide bonds. The number of hydrogen-bond acceptors (Lipinski definition) is 2. The van der Waals surface area contributed by atoms with Crippen molar-refractivity contribution in [2.45, 2.75) is 78.4 Å². The smallest absolute Gasteiger partial charge is 0.0751 e. The van der Waals surface area contributed by atoms with Crippen molar-refractivity contribution in [3.05, 3.63) is 23.3 Å². The van der Waals surface area contributed by atoms with Gasteiger partial charge in [-0.15, -0.1) is 0 Å². The van der Waals surface area contributed by atoms with Crippen LogP contribution in [0.1, 0.15) is 66.2 Å². The van der Waals surface area contributed by atoms with E-state index in [1.807, 2.05) is 0 Å². The molecule has 0 saturated heterocycles. The third kappa shape index (κ3) is 2.22. The lowest BCUT2D eigenvalue weighted by Gasteiger charge is -2.55. The van der Waals surface area contributed by atoms with Crippen molar-refractivity contribution in [3.63, 3.8) is 0 Å². The van der Waals surface area contributed by atoms with E-state index in [1.54, 1.807) is 11.1 Å². The first-order valence-corrected chi connectivity index (χ1v) is 8.92. The van der Waals surface area contributed by atoms with Gasteiger partial charge in [-0.05, 0) is 67.8 Å². The van der Waals surface area contributed by atoms with Gasteiger partial charge in [-0.2, -0.15) is 0 Å². The van der Waals surface area contributed by atoms with E-state index in [0.29, 0.717) is 0 Å². The Morgan fingerprint density at radius 2 is 1.73 bits per heavy atom. The monoisotopic (exact) mass is 304 g/mol. The Kier molecular flexibility index (Phi) is 3.85. The predicted molar refractivity (Wildman–Crippen MR) is 90.4 cm³/mol. The van der Waals surface area contributed by atoms with Crippen LogP contribution in [0.2, 0.25) is 0 Å². The van der Waals surface area contributed by atoms with Crippen LogP contribution in [0.25, 0.3) is 0 Å². The number of rotatable bonds is 0. The molecular weight excluding hydrogens is 272 g/mol. The molecule has 2 N–H and O–H groups in total. The van der Waals surface area contributed by atoms with Crippen molar-refractivity contribution in [2.75, 3.05) is 0 Å². The third-order valence-corrected chi connectivity index (χ3v) is 7.32. The van der Waals surface area contributed by atoms with E-state index in [9.17, 15) is 10.2 Å². The molecule has 5 atom stereocenters. The first-order valence-electron chi connectivity index (χ1n) is 8.92. The lowest BCUT2D eigenvalue weighted by atomic mass is 9.51. The summed E-state index contributed by atoms with van der Waals surface area (Å²) < 4.78 is 0. The van der Waals surface area contributed by atoms with Gasteiger partial charge in [0.15, 0.2) is 0 Å². The van der Waals surface area contributed by atoms with Gasteiger partial charge in [0.2, 0.25) is 0 Å². The average Bonchev–Trinajstić information content (AvgIpc) is 2.42. The van der Waals surface area contributed by atoms with Crippen molar-refractivity contribution >= 4 is 0 Å². The van der Waals surface area contributed by atoms with Crippen LogP contribution in [-0.2, 0) is 0 Å². The third-order valence-electron chi connectivity index (χ3n) is 7.32. The second-order valence-corrected chi connectivity index (χ2v) is 8.88. The van der Waals surface area contributed by atoms with Crippen molar-refractivity contribution in [1.29, 1.82) is 0 Å². The normalized spacial score (nSPS) is 45.1. The van der Waals surface area contributed by atoms with E-state index in [-0.39, 0.29) is 28.8 Å². The molecule has 0 aromatic heterocycles. The molecule has 3 aliphatic carbocycles. The van der Waals surface area contributed by atoms with E-state index in [0.717, 1.165) is 44.1 Å². The molecule has 124 valence electrons. The highest BCUT2D eigenvalue weighted by Crippen LogP contribution is 2.58. The van der Waals surface area contributed by atoms with Crippen LogP contribution < -0.4 is 0 Å². The second-order valence-electron chi connectivity index (χ2n) is 8.88. The molecule has 0 radical (unpaired) electrons. The lowest BCUT2D eigenvalue weighted by molar-refractivity contribution is -0.0718. The molecule has 2 bridgehead atoms. The van der Waals surface area contributed by atoms with Crippen LogP contribution in [0.15, 0.2) is 23.3 Å². The highest BCUT2D eigenvalue weighted by atomic mass is 16.3. The molecule has 0 aliphatic heterocycles. The summed E-state index contributed by atoms with van der Waals surface area (Å²) in [6.45, 7) is 13.4. The predicted octanol–water partition coefficient (Wildman–Crippen LogP) is 4.23. The minimum atomic E-state index is -0.435. The molecule has 0 spiro atoms. The fraction of sp³-hybridized carbons (Fsp3) is 0.800. The van der Waals surface area contributed by atoms with Crippen LogP contribution in [0.3, 0.4) is 0 Å². The van der Waals surface area contributed by atoms with Gasteiger partial charge in [-0.3, -0.25) is 0 Å². The summed E-state index contributed by atoms with van der Waals surface area (Å²) in [6, 6.07) is 0. The number of allylic oxidation sites excluding steroid dienone is 2. The van der Waals surface area contributed by atoms with Crippen molar-refractivity contribution in [2.24, 2.45) is 22.7 Å². The number of aliphatic hydroxyl groups excluding tert-OH is 2. The van der Waals surface area contributed by atoms with E-state index >= 15 is 0 Å². The Hall–Kier alpha value is -0.600. The number of hydrogen-bond donors (Lipinski definition) is 2. The summed E-state index contributed by atoms with van der Waals surface area (Å²) in [7, 11) is 0. The molecule has 2 fully saturated rings. The summed E-state index contributed by atoms with van der Waals surface area (Å²) >= 11 is 0. The number of fused-ring (bicyclic) bond motifs is 3. The summed E-state index contributed by atoms with van der Waals surface area (Å²) in [4.78, 5) is 0. The Balaban J connectivity index is 2.07. The molecule has 0 heterocycles. The Morgan fingerprint density at radius 3 is 2.41 bits per heavy atom.